The first-order valence-electron chi connectivity index (χ1n) is 10.1. The molecular weight excluding hydrogens is 394 g/mol. The van der Waals surface area contributed by atoms with E-state index in [0.717, 1.165) is 31.7 Å². The van der Waals surface area contributed by atoms with Crippen molar-refractivity contribution in [1.29, 1.82) is 0 Å². The summed E-state index contributed by atoms with van der Waals surface area (Å²) in [5, 5.41) is 19.2. The van der Waals surface area contributed by atoms with Crippen LogP contribution in [0.4, 0.5) is 8.78 Å². The Labute approximate surface area is 174 Å². The van der Waals surface area contributed by atoms with E-state index in [1.807, 2.05) is 6.07 Å². The van der Waals surface area contributed by atoms with Gasteiger partial charge in [-0.3, -0.25) is 4.79 Å². The summed E-state index contributed by atoms with van der Waals surface area (Å²) in [6, 6.07) is 6.77. The Bertz CT molecular complexity index is 787. The fourth-order valence-electron chi connectivity index (χ4n) is 4.19. The number of aliphatic hydroxyl groups is 1. The highest BCUT2D eigenvalue weighted by Crippen LogP contribution is 2.39. The number of aliphatic hydroxyl groups excluding tert-OH is 1. The van der Waals surface area contributed by atoms with Crippen molar-refractivity contribution < 1.29 is 18.7 Å². The minimum absolute atomic E-state index is 0.142. The molecule has 3 rings (SSSR count). The van der Waals surface area contributed by atoms with Crippen molar-refractivity contribution in [3.63, 3.8) is 0 Å². The molecule has 1 aliphatic carbocycles. The second kappa shape index (κ2) is 9.78. The van der Waals surface area contributed by atoms with E-state index in [1.165, 1.54) is 30.4 Å². The van der Waals surface area contributed by atoms with E-state index in [4.69, 9.17) is 0 Å². The molecule has 158 valence electrons. The number of nitrogens with one attached hydrogen (secondary N) is 2. The number of carbonyl (C=O) groups excluding carboxylic acids is 1. The SMILES string of the molecule is CC(=O)N[C@@H](Cc1cc(F)cc(F)c1)[C@H](O)CNC1(c2cccs2)CCCCC1. The van der Waals surface area contributed by atoms with Gasteiger partial charge in [0.1, 0.15) is 11.6 Å². The highest BCUT2D eigenvalue weighted by molar-refractivity contribution is 7.10. The first kappa shape index (κ1) is 21.9. The third kappa shape index (κ3) is 5.84. The molecule has 0 saturated heterocycles. The van der Waals surface area contributed by atoms with Gasteiger partial charge in [0.15, 0.2) is 0 Å². The third-order valence-corrected chi connectivity index (χ3v) is 6.65. The van der Waals surface area contributed by atoms with Gasteiger partial charge in [-0.2, -0.15) is 0 Å². The monoisotopic (exact) mass is 422 g/mol. The number of hydrogen-bond donors (Lipinski definition) is 3. The molecule has 2 atom stereocenters. The van der Waals surface area contributed by atoms with Crippen LogP contribution in [0.3, 0.4) is 0 Å². The van der Waals surface area contributed by atoms with Crippen LogP contribution >= 0.6 is 11.3 Å². The maximum atomic E-state index is 13.5. The number of carbonyl (C=O) groups is 1. The van der Waals surface area contributed by atoms with Crippen molar-refractivity contribution in [3.05, 3.63) is 57.8 Å². The third-order valence-electron chi connectivity index (χ3n) is 5.58. The van der Waals surface area contributed by atoms with Crippen molar-refractivity contribution in [2.75, 3.05) is 6.54 Å². The molecule has 1 fully saturated rings. The molecule has 0 spiro atoms. The van der Waals surface area contributed by atoms with E-state index in [1.54, 1.807) is 11.3 Å². The number of thiophene rings is 1. The summed E-state index contributed by atoms with van der Waals surface area (Å²) in [6.07, 6.45) is 4.70. The molecule has 0 aliphatic heterocycles. The lowest BCUT2D eigenvalue weighted by atomic mass is 9.80. The van der Waals surface area contributed by atoms with Crippen LogP contribution in [-0.2, 0) is 16.8 Å². The molecule has 0 radical (unpaired) electrons. The lowest BCUT2D eigenvalue weighted by Crippen LogP contribution is -2.52. The first-order valence-corrected chi connectivity index (χ1v) is 10.9. The Hall–Kier alpha value is -1.83. The van der Waals surface area contributed by atoms with Crippen molar-refractivity contribution >= 4 is 17.2 Å². The lowest BCUT2D eigenvalue weighted by molar-refractivity contribution is -0.120. The van der Waals surface area contributed by atoms with E-state index >= 15 is 0 Å². The molecule has 0 bridgehead atoms. The van der Waals surface area contributed by atoms with E-state index in [2.05, 4.69) is 22.1 Å². The second-order valence-electron chi connectivity index (χ2n) is 7.86. The molecule has 1 aromatic heterocycles. The normalized spacial score (nSPS) is 18.2. The predicted octanol–water partition coefficient (Wildman–Crippen LogP) is 3.88. The van der Waals surface area contributed by atoms with Crippen LogP contribution < -0.4 is 10.6 Å². The Kier molecular flexibility index (Phi) is 7.38. The molecule has 2 aromatic rings. The summed E-state index contributed by atoms with van der Waals surface area (Å²) in [4.78, 5) is 12.9. The van der Waals surface area contributed by atoms with Crippen molar-refractivity contribution in [2.24, 2.45) is 0 Å². The van der Waals surface area contributed by atoms with Crippen LogP contribution in [0.1, 0.15) is 49.5 Å². The van der Waals surface area contributed by atoms with Gasteiger partial charge in [-0.1, -0.05) is 25.3 Å². The van der Waals surface area contributed by atoms with E-state index < -0.39 is 23.8 Å². The zero-order valence-corrected chi connectivity index (χ0v) is 17.4. The van der Waals surface area contributed by atoms with Crippen LogP contribution in [0.25, 0.3) is 0 Å². The summed E-state index contributed by atoms with van der Waals surface area (Å²) < 4.78 is 27.1. The standard InChI is InChI=1S/C22H28F2N2O2S/c1-15(27)26-19(12-16-10-17(23)13-18(24)11-16)20(28)14-25-22(7-3-2-4-8-22)21-6-5-9-29-21/h5-6,9-11,13,19-20,25,28H,2-4,7-8,12,14H2,1H3,(H,26,27)/t19-,20+/m0/s1. The fourth-order valence-corrected chi connectivity index (χ4v) is 5.15. The quantitative estimate of drug-likeness (QED) is 0.605. The number of hydrogen-bond acceptors (Lipinski definition) is 4. The zero-order valence-electron chi connectivity index (χ0n) is 16.6. The average molecular weight is 423 g/mol. The number of halogens is 2. The summed E-state index contributed by atoms with van der Waals surface area (Å²) in [7, 11) is 0. The Morgan fingerprint density at radius 2 is 1.90 bits per heavy atom. The van der Waals surface area contributed by atoms with Crippen LogP contribution in [0.15, 0.2) is 35.7 Å². The predicted molar refractivity (Wildman–Crippen MR) is 111 cm³/mol. The van der Waals surface area contributed by atoms with Gasteiger partial charge in [-0.05, 0) is 48.4 Å². The number of rotatable bonds is 8. The van der Waals surface area contributed by atoms with Crippen LogP contribution in [0.5, 0.6) is 0 Å². The molecule has 3 N–H and O–H groups in total. The smallest absolute Gasteiger partial charge is 0.217 e. The molecule has 1 heterocycles. The Balaban J connectivity index is 1.71. The molecule has 1 aromatic carbocycles. The molecule has 0 unspecified atom stereocenters. The van der Waals surface area contributed by atoms with Crippen molar-refractivity contribution in [1.82, 2.24) is 10.6 Å². The molecule has 1 aliphatic rings. The van der Waals surface area contributed by atoms with Gasteiger partial charge in [0, 0.05) is 24.4 Å². The summed E-state index contributed by atoms with van der Waals surface area (Å²) in [5.74, 6) is -1.64. The Morgan fingerprint density at radius 3 is 2.48 bits per heavy atom. The molecule has 1 saturated carbocycles. The van der Waals surface area contributed by atoms with E-state index in [-0.39, 0.29) is 24.4 Å². The van der Waals surface area contributed by atoms with Gasteiger partial charge in [-0.15, -0.1) is 11.3 Å². The summed E-state index contributed by atoms with van der Waals surface area (Å²) in [6.45, 7) is 1.65. The summed E-state index contributed by atoms with van der Waals surface area (Å²) in [5.41, 5.74) is 0.227. The van der Waals surface area contributed by atoms with Gasteiger partial charge in [0.25, 0.3) is 0 Å². The highest BCUT2D eigenvalue weighted by Gasteiger charge is 2.35. The minimum Gasteiger partial charge on any atom is -0.390 e. The maximum Gasteiger partial charge on any atom is 0.217 e. The topological polar surface area (TPSA) is 61.4 Å². The number of benzene rings is 1. The second-order valence-corrected chi connectivity index (χ2v) is 8.80. The number of amides is 1. The van der Waals surface area contributed by atoms with Gasteiger partial charge in [-0.25, -0.2) is 8.78 Å². The van der Waals surface area contributed by atoms with Gasteiger partial charge in [0.05, 0.1) is 17.7 Å². The molecule has 7 heteroatoms. The van der Waals surface area contributed by atoms with Gasteiger partial charge in [0.2, 0.25) is 5.91 Å². The molecule has 29 heavy (non-hydrogen) atoms. The fraction of sp³-hybridized carbons (Fsp3) is 0.500. The summed E-state index contributed by atoms with van der Waals surface area (Å²) >= 11 is 1.71. The highest BCUT2D eigenvalue weighted by atomic mass is 32.1. The zero-order chi connectivity index (χ0) is 20.9. The molecular formula is C22H28F2N2O2S. The Morgan fingerprint density at radius 1 is 1.21 bits per heavy atom. The molecule has 1 amide bonds. The van der Waals surface area contributed by atoms with E-state index in [0.29, 0.717) is 5.56 Å². The van der Waals surface area contributed by atoms with Crippen molar-refractivity contribution in [3.8, 4) is 0 Å². The minimum atomic E-state index is -0.899. The van der Waals surface area contributed by atoms with E-state index in [9.17, 15) is 18.7 Å². The van der Waals surface area contributed by atoms with Crippen LogP contribution in [0, 0.1) is 11.6 Å². The van der Waals surface area contributed by atoms with Gasteiger partial charge >= 0.3 is 0 Å². The van der Waals surface area contributed by atoms with Gasteiger partial charge < -0.3 is 15.7 Å². The first-order chi connectivity index (χ1) is 13.9. The largest absolute Gasteiger partial charge is 0.390 e. The van der Waals surface area contributed by atoms with Crippen LogP contribution in [-0.4, -0.2) is 29.7 Å². The lowest BCUT2D eigenvalue weighted by Gasteiger charge is -2.39. The van der Waals surface area contributed by atoms with Crippen molar-refractivity contribution in [2.45, 2.75) is 63.1 Å². The average Bonchev–Trinajstić information content (AvgIpc) is 3.21. The van der Waals surface area contributed by atoms with Crippen LogP contribution in [0.2, 0.25) is 0 Å². The molecule has 4 nitrogen and oxygen atoms in total. The maximum absolute atomic E-state index is 13.5.